The molecule has 0 spiro atoms. The number of amides is 1. The monoisotopic (exact) mass is 501 g/mol. The first-order valence-corrected chi connectivity index (χ1v) is 9.61. The van der Waals surface area contributed by atoms with Crippen molar-refractivity contribution in [2.45, 2.75) is 26.8 Å². The molecule has 148 valence electrons. The highest BCUT2D eigenvalue weighted by Crippen LogP contribution is 2.14. The molecule has 0 radical (unpaired) electrons. The first kappa shape index (κ1) is 23.4. The predicted octanol–water partition coefficient (Wildman–Crippen LogP) is 2.83. The standard InChI is InChI=1S/C19H27N5OS.HI/c1-4-20-19(22-13-17-9-8-15(2)26-17)23-14-18(25)24(3)12-10-16-7-5-6-11-21-16;/h5-9,11H,4,10,12-14H2,1-3H3,(H2,20,22,23);1H. The molecule has 0 aromatic carbocycles. The first-order valence-electron chi connectivity index (χ1n) is 8.80. The number of aliphatic imine (C=N–C) groups is 1. The third-order valence-electron chi connectivity index (χ3n) is 3.80. The molecule has 0 unspecified atom stereocenters. The average molecular weight is 501 g/mol. The molecule has 8 heteroatoms. The summed E-state index contributed by atoms with van der Waals surface area (Å²) in [6.07, 6.45) is 2.51. The summed E-state index contributed by atoms with van der Waals surface area (Å²) in [5.41, 5.74) is 0.983. The Morgan fingerprint density at radius 2 is 2.07 bits per heavy atom. The normalized spacial score (nSPS) is 10.9. The number of aromatic nitrogens is 1. The van der Waals surface area contributed by atoms with Crippen molar-refractivity contribution < 1.29 is 4.79 Å². The van der Waals surface area contributed by atoms with Crippen LogP contribution in [-0.2, 0) is 17.8 Å². The molecule has 2 aromatic rings. The molecule has 27 heavy (non-hydrogen) atoms. The summed E-state index contributed by atoms with van der Waals surface area (Å²) < 4.78 is 0. The molecular formula is C19H28IN5OS. The second kappa shape index (κ2) is 12.7. The number of hydrogen-bond acceptors (Lipinski definition) is 4. The van der Waals surface area contributed by atoms with Crippen LogP contribution >= 0.6 is 35.3 Å². The van der Waals surface area contributed by atoms with Crippen LogP contribution < -0.4 is 10.6 Å². The maximum atomic E-state index is 12.3. The highest BCUT2D eigenvalue weighted by molar-refractivity contribution is 14.0. The fourth-order valence-electron chi connectivity index (χ4n) is 2.31. The summed E-state index contributed by atoms with van der Waals surface area (Å²) in [5.74, 6) is 0.648. The van der Waals surface area contributed by atoms with Gasteiger partial charge in [-0.1, -0.05) is 6.07 Å². The van der Waals surface area contributed by atoms with Crippen molar-refractivity contribution >= 4 is 47.2 Å². The van der Waals surface area contributed by atoms with Gasteiger partial charge >= 0.3 is 0 Å². The van der Waals surface area contributed by atoms with Crippen molar-refractivity contribution in [3.8, 4) is 0 Å². The molecule has 0 saturated heterocycles. The zero-order chi connectivity index (χ0) is 18.8. The first-order chi connectivity index (χ1) is 12.6. The number of aryl methyl sites for hydroxylation is 1. The van der Waals surface area contributed by atoms with Crippen molar-refractivity contribution in [1.82, 2.24) is 20.5 Å². The zero-order valence-electron chi connectivity index (χ0n) is 16.1. The number of thiophene rings is 1. The summed E-state index contributed by atoms with van der Waals surface area (Å²) in [7, 11) is 1.80. The van der Waals surface area contributed by atoms with Gasteiger partial charge in [-0.2, -0.15) is 0 Å². The van der Waals surface area contributed by atoms with Gasteiger partial charge in [0.1, 0.15) is 6.54 Å². The number of halogens is 1. The lowest BCUT2D eigenvalue weighted by Gasteiger charge is -2.16. The van der Waals surface area contributed by atoms with Crippen molar-refractivity contribution in [1.29, 1.82) is 0 Å². The van der Waals surface area contributed by atoms with E-state index in [1.54, 1.807) is 29.5 Å². The van der Waals surface area contributed by atoms with Gasteiger partial charge in [0.15, 0.2) is 5.96 Å². The Balaban J connectivity index is 0.00000364. The number of likely N-dealkylation sites (N-methyl/N-ethyl adjacent to an activating group) is 1. The molecule has 0 aliphatic rings. The van der Waals surface area contributed by atoms with Crippen LogP contribution in [0.3, 0.4) is 0 Å². The van der Waals surface area contributed by atoms with E-state index in [9.17, 15) is 4.79 Å². The van der Waals surface area contributed by atoms with Gasteiger partial charge in [0.25, 0.3) is 0 Å². The summed E-state index contributed by atoms with van der Waals surface area (Å²) >= 11 is 1.76. The lowest BCUT2D eigenvalue weighted by molar-refractivity contribution is -0.128. The number of carbonyl (C=O) groups excluding carboxylic acids is 1. The average Bonchev–Trinajstić information content (AvgIpc) is 3.07. The van der Waals surface area contributed by atoms with Gasteiger partial charge in [0.2, 0.25) is 5.91 Å². The molecule has 0 saturated carbocycles. The van der Waals surface area contributed by atoms with E-state index >= 15 is 0 Å². The highest BCUT2D eigenvalue weighted by atomic mass is 127. The molecule has 0 aliphatic heterocycles. The number of guanidine groups is 1. The lowest BCUT2D eigenvalue weighted by Crippen LogP contribution is -2.38. The fourth-order valence-corrected chi connectivity index (χ4v) is 3.14. The van der Waals surface area contributed by atoms with Crippen molar-refractivity contribution in [3.05, 3.63) is 52.0 Å². The molecule has 2 N–H and O–H groups in total. The zero-order valence-corrected chi connectivity index (χ0v) is 19.2. The van der Waals surface area contributed by atoms with E-state index in [4.69, 9.17) is 0 Å². The number of pyridine rings is 1. The third kappa shape index (κ3) is 8.70. The maximum absolute atomic E-state index is 12.3. The molecule has 2 aromatic heterocycles. The van der Waals surface area contributed by atoms with Crippen molar-refractivity contribution in [3.63, 3.8) is 0 Å². The quantitative estimate of drug-likeness (QED) is 0.332. The summed E-state index contributed by atoms with van der Waals surface area (Å²) in [4.78, 5) is 25.2. The second-order valence-electron chi connectivity index (χ2n) is 5.95. The minimum atomic E-state index is -0.00916. The molecule has 6 nitrogen and oxygen atoms in total. The lowest BCUT2D eigenvalue weighted by atomic mass is 10.2. The van der Waals surface area contributed by atoms with Crippen LogP contribution in [0.5, 0.6) is 0 Å². The minimum absolute atomic E-state index is 0. The summed E-state index contributed by atoms with van der Waals surface area (Å²) in [6, 6.07) is 10.0. The van der Waals surface area contributed by atoms with E-state index in [1.165, 1.54) is 9.75 Å². The van der Waals surface area contributed by atoms with Crippen LogP contribution in [0.15, 0.2) is 41.5 Å². The Labute approximate surface area is 182 Å². The van der Waals surface area contributed by atoms with Crippen LogP contribution in [-0.4, -0.2) is 48.4 Å². The van der Waals surface area contributed by atoms with E-state index < -0.39 is 0 Å². The number of rotatable bonds is 8. The summed E-state index contributed by atoms with van der Waals surface area (Å²) in [5, 5.41) is 6.45. The number of nitrogens with zero attached hydrogens (tertiary/aromatic N) is 3. The molecule has 2 rings (SSSR count). The molecule has 0 atom stereocenters. The van der Waals surface area contributed by atoms with Gasteiger partial charge in [-0.3, -0.25) is 9.78 Å². The van der Waals surface area contributed by atoms with Crippen LogP contribution in [0.25, 0.3) is 0 Å². The SMILES string of the molecule is CCNC(=NCC(=O)N(C)CCc1ccccn1)NCc1ccc(C)s1.I. The van der Waals surface area contributed by atoms with Gasteiger partial charge in [-0.15, -0.1) is 35.3 Å². The molecule has 0 bridgehead atoms. The second-order valence-corrected chi connectivity index (χ2v) is 7.32. The van der Waals surface area contributed by atoms with Gasteiger partial charge in [-0.05, 0) is 38.1 Å². The topological polar surface area (TPSA) is 69.6 Å². The van der Waals surface area contributed by atoms with Gasteiger partial charge in [0, 0.05) is 48.2 Å². The van der Waals surface area contributed by atoms with E-state index in [1.807, 2.05) is 25.1 Å². The third-order valence-corrected chi connectivity index (χ3v) is 4.80. The number of carbonyl (C=O) groups is 1. The Morgan fingerprint density at radius 3 is 2.70 bits per heavy atom. The van der Waals surface area contributed by atoms with Crippen LogP contribution in [0, 0.1) is 6.92 Å². The largest absolute Gasteiger partial charge is 0.357 e. The molecular weight excluding hydrogens is 473 g/mol. The van der Waals surface area contributed by atoms with E-state index in [0.29, 0.717) is 19.0 Å². The van der Waals surface area contributed by atoms with E-state index in [2.05, 4.69) is 39.7 Å². The maximum Gasteiger partial charge on any atom is 0.244 e. The highest BCUT2D eigenvalue weighted by Gasteiger charge is 2.09. The number of nitrogens with one attached hydrogen (secondary N) is 2. The van der Waals surface area contributed by atoms with Crippen molar-refractivity contribution in [2.75, 3.05) is 26.7 Å². The smallest absolute Gasteiger partial charge is 0.244 e. The van der Waals surface area contributed by atoms with Gasteiger partial charge in [-0.25, -0.2) is 4.99 Å². The fraction of sp³-hybridized carbons (Fsp3) is 0.421. The Hall–Kier alpha value is -1.68. The van der Waals surface area contributed by atoms with E-state index in [-0.39, 0.29) is 36.4 Å². The van der Waals surface area contributed by atoms with Gasteiger partial charge < -0.3 is 15.5 Å². The van der Waals surface area contributed by atoms with Gasteiger partial charge in [0.05, 0.1) is 6.54 Å². The molecule has 0 aliphatic carbocycles. The predicted molar refractivity (Wildman–Crippen MR) is 123 cm³/mol. The Bertz CT molecular complexity index is 720. The van der Waals surface area contributed by atoms with Crippen molar-refractivity contribution in [2.24, 2.45) is 4.99 Å². The van der Waals surface area contributed by atoms with Crippen LogP contribution in [0.2, 0.25) is 0 Å². The molecule has 0 fully saturated rings. The Kier molecular flexibility index (Phi) is 11.0. The summed E-state index contributed by atoms with van der Waals surface area (Å²) in [6.45, 7) is 6.30. The van der Waals surface area contributed by atoms with Crippen LogP contribution in [0.4, 0.5) is 0 Å². The molecule has 1 amide bonds. The molecule has 2 heterocycles. The number of hydrogen-bond donors (Lipinski definition) is 2. The van der Waals surface area contributed by atoms with E-state index in [0.717, 1.165) is 18.7 Å². The Morgan fingerprint density at radius 1 is 1.26 bits per heavy atom. The van der Waals surface area contributed by atoms with Crippen LogP contribution in [0.1, 0.15) is 22.4 Å². The minimum Gasteiger partial charge on any atom is -0.357 e.